The Morgan fingerprint density at radius 2 is 2.00 bits per heavy atom. The van der Waals surface area contributed by atoms with Gasteiger partial charge in [-0.05, 0) is 36.6 Å². The lowest BCUT2D eigenvalue weighted by Crippen LogP contribution is -2.49. The molecule has 1 aromatic heterocycles. The number of carbonyl (C=O) groups excluding carboxylic acids is 1. The maximum Gasteiger partial charge on any atom is 0.409 e. The van der Waals surface area contributed by atoms with E-state index in [0.717, 1.165) is 15.7 Å². The second-order valence-corrected chi connectivity index (χ2v) is 6.30. The number of anilines is 1. The normalized spacial score (nSPS) is 15.0. The number of aromatic amines is 1. The molecule has 1 aromatic carbocycles. The number of piperazine rings is 1. The van der Waals surface area contributed by atoms with Crippen molar-refractivity contribution in [3.8, 4) is 0 Å². The van der Waals surface area contributed by atoms with E-state index < -0.39 is 0 Å². The van der Waals surface area contributed by atoms with Crippen LogP contribution in [0, 0.1) is 0 Å². The van der Waals surface area contributed by atoms with Crippen LogP contribution in [0.5, 0.6) is 0 Å². The van der Waals surface area contributed by atoms with Crippen molar-refractivity contribution in [1.82, 2.24) is 9.88 Å². The van der Waals surface area contributed by atoms with Crippen LogP contribution in [0.2, 0.25) is 0 Å². The number of ether oxygens (including phenoxy) is 1. The minimum Gasteiger partial charge on any atom is -0.450 e. The van der Waals surface area contributed by atoms with Crippen LogP contribution in [0.3, 0.4) is 0 Å². The molecule has 1 fully saturated rings. The Hall–Kier alpha value is -2.02. The van der Waals surface area contributed by atoms with Crippen LogP contribution in [0.4, 0.5) is 10.6 Å². The lowest BCUT2D eigenvalue weighted by molar-refractivity contribution is 0.105. The number of H-pyrrole nitrogens is 1. The zero-order chi connectivity index (χ0) is 16.4. The summed E-state index contributed by atoms with van der Waals surface area (Å²) in [5, 5.41) is 1.56. The molecule has 1 N–H and O–H groups in total. The van der Waals surface area contributed by atoms with Crippen molar-refractivity contribution in [2.75, 3.05) is 37.7 Å². The van der Waals surface area contributed by atoms with Crippen LogP contribution in [0.1, 0.15) is 6.92 Å². The van der Waals surface area contributed by atoms with Crippen LogP contribution >= 0.6 is 15.9 Å². The van der Waals surface area contributed by atoms with Gasteiger partial charge in [0, 0.05) is 36.0 Å². The maximum absolute atomic E-state index is 12.2. The molecule has 0 atom stereocenters. The summed E-state index contributed by atoms with van der Waals surface area (Å²) in [5.74, 6) is 0.782. The molecule has 2 aromatic rings. The zero-order valence-corrected chi connectivity index (χ0v) is 14.4. The van der Waals surface area contributed by atoms with Gasteiger partial charge in [-0.25, -0.2) is 4.79 Å². The van der Waals surface area contributed by atoms with E-state index in [0.29, 0.717) is 38.2 Å². The molecular weight excluding hydrogens is 362 g/mol. The molecule has 0 spiro atoms. The quantitative estimate of drug-likeness (QED) is 0.870. The molecule has 1 aliphatic rings. The number of amides is 1. The highest BCUT2D eigenvalue weighted by molar-refractivity contribution is 9.10. The molecule has 6 nitrogen and oxygen atoms in total. The number of carbonyl (C=O) groups is 1. The SMILES string of the molecule is CCOC(=O)N1CCN(c2cc3cc(Br)ccc3c(=O)[nH]2)CC1. The highest BCUT2D eigenvalue weighted by atomic mass is 79.9. The molecule has 0 unspecified atom stereocenters. The fourth-order valence-corrected chi connectivity index (χ4v) is 3.12. The molecule has 122 valence electrons. The summed E-state index contributed by atoms with van der Waals surface area (Å²) < 4.78 is 5.96. The van der Waals surface area contributed by atoms with E-state index in [9.17, 15) is 9.59 Å². The summed E-state index contributed by atoms with van der Waals surface area (Å²) in [6.45, 7) is 4.66. The molecule has 2 heterocycles. The van der Waals surface area contributed by atoms with E-state index in [1.165, 1.54) is 0 Å². The average molecular weight is 380 g/mol. The van der Waals surface area contributed by atoms with E-state index in [-0.39, 0.29) is 11.7 Å². The van der Waals surface area contributed by atoms with Gasteiger partial charge in [-0.2, -0.15) is 0 Å². The van der Waals surface area contributed by atoms with Crippen LogP contribution in [0.25, 0.3) is 10.8 Å². The van der Waals surface area contributed by atoms with Crippen molar-refractivity contribution in [3.63, 3.8) is 0 Å². The Kier molecular flexibility index (Phi) is 4.56. The summed E-state index contributed by atoms with van der Waals surface area (Å²) in [6.07, 6.45) is -0.275. The van der Waals surface area contributed by atoms with Crippen molar-refractivity contribution in [1.29, 1.82) is 0 Å². The van der Waals surface area contributed by atoms with Crippen LogP contribution in [-0.2, 0) is 4.74 Å². The summed E-state index contributed by atoms with van der Waals surface area (Å²) in [7, 11) is 0. The minimum atomic E-state index is -0.275. The smallest absolute Gasteiger partial charge is 0.409 e. The van der Waals surface area contributed by atoms with Gasteiger partial charge in [-0.3, -0.25) is 4.79 Å². The standard InChI is InChI=1S/C16H18BrN3O3/c1-2-23-16(22)20-7-5-19(6-8-20)14-10-11-9-12(17)3-4-13(11)15(21)18-14/h3-4,9-10H,2,5-8H2,1H3,(H,18,21). The van der Waals surface area contributed by atoms with E-state index in [4.69, 9.17) is 4.74 Å². The predicted octanol–water partition coefficient (Wildman–Crippen LogP) is 2.57. The Morgan fingerprint density at radius 3 is 2.70 bits per heavy atom. The average Bonchev–Trinajstić information content (AvgIpc) is 2.54. The molecular formula is C16H18BrN3O3. The molecule has 23 heavy (non-hydrogen) atoms. The molecule has 1 saturated heterocycles. The summed E-state index contributed by atoms with van der Waals surface area (Å²) in [5.41, 5.74) is -0.0992. The van der Waals surface area contributed by atoms with Crippen LogP contribution in [0.15, 0.2) is 33.5 Å². The van der Waals surface area contributed by atoms with Gasteiger partial charge >= 0.3 is 6.09 Å². The lowest BCUT2D eigenvalue weighted by atomic mass is 10.1. The number of rotatable bonds is 2. The fourth-order valence-electron chi connectivity index (χ4n) is 2.74. The molecule has 7 heteroatoms. The van der Waals surface area contributed by atoms with Crippen molar-refractivity contribution >= 4 is 38.6 Å². The molecule has 1 aliphatic heterocycles. The Balaban J connectivity index is 1.80. The van der Waals surface area contributed by atoms with Crippen molar-refractivity contribution < 1.29 is 9.53 Å². The number of aromatic nitrogens is 1. The summed E-state index contributed by atoms with van der Waals surface area (Å²) in [6, 6.07) is 7.57. The highest BCUT2D eigenvalue weighted by Gasteiger charge is 2.22. The van der Waals surface area contributed by atoms with Crippen LogP contribution in [-0.4, -0.2) is 48.8 Å². The Morgan fingerprint density at radius 1 is 1.26 bits per heavy atom. The molecule has 0 aliphatic carbocycles. The first-order chi connectivity index (χ1) is 11.1. The third kappa shape index (κ3) is 3.34. The first-order valence-electron chi connectivity index (χ1n) is 7.57. The van der Waals surface area contributed by atoms with Crippen LogP contribution < -0.4 is 10.5 Å². The monoisotopic (exact) mass is 379 g/mol. The van der Waals surface area contributed by atoms with Gasteiger partial charge in [-0.15, -0.1) is 0 Å². The Labute approximate surface area is 142 Å². The molecule has 0 bridgehead atoms. The van der Waals surface area contributed by atoms with Crippen molar-refractivity contribution in [2.45, 2.75) is 6.92 Å². The second kappa shape index (κ2) is 6.62. The van der Waals surface area contributed by atoms with Crippen molar-refractivity contribution in [3.05, 3.63) is 39.1 Å². The van der Waals surface area contributed by atoms with E-state index in [2.05, 4.69) is 25.8 Å². The van der Waals surface area contributed by atoms with Gasteiger partial charge in [0.1, 0.15) is 5.82 Å². The van der Waals surface area contributed by atoms with E-state index in [1.807, 2.05) is 18.2 Å². The highest BCUT2D eigenvalue weighted by Crippen LogP contribution is 2.21. The molecule has 1 amide bonds. The van der Waals surface area contributed by atoms with Gasteiger partial charge in [-0.1, -0.05) is 15.9 Å². The number of hydrogen-bond acceptors (Lipinski definition) is 4. The number of nitrogens with zero attached hydrogens (tertiary/aromatic N) is 2. The van der Waals surface area contributed by atoms with Gasteiger partial charge in [0.15, 0.2) is 0 Å². The topological polar surface area (TPSA) is 65.6 Å². The number of pyridine rings is 1. The predicted molar refractivity (Wildman–Crippen MR) is 93.1 cm³/mol. The zero-order valence-electron chi connectivity index (χ0n) is 12.8. The maximum atomic E-state index is 12.2. The summed E-state index contributed by atoms with van der Waals surface area (Å²) >= 11 is 3.43. The molecule has 3 rings (SSSR count). The van der Waals surface area contributed by atoms with Crippen molar-refractivity contribution in [2.24, 2.45) is 0 Å². The largest absolute Gasteiger partial charge is 0.450 e. The second-order valence-electron chi connectivity index (χ2n) is 5.39. The molecule has 0 saturated carbocycles. The molecule has 0 radical (unpaired) electrons. The third-order valence-electron chi connectivity index (χ3n) is 3.94. The van der Waals surface area contributed by atoms with Gasteiger partial charge in [0.05, 0.1) is 6.61 Å². The number of fused-ring (bicyclic) bond motifs is 1. The first-order valence-corrected chi connectivity index (χ1v) is 8.37. The lowest BCUT2D eigenvalue weighted by Gasteiger charge is -2.35. The number of hydrogen-bond donors (Lipinski definition) is 1. The van der Waals surface area contributed by atoms with E-state index in [1.54, 1.807) is 17.9 Å². The minimum absolute atomic E-state index is 0.0992. The van der Waals surface area contributed by atoms with Gasteiger partial charge in [0.2, 0.25) is 0 Å². The van der Waals surface area contributed by atoms with Gasteiger partial charge < -0.3 is 19.5 Å². The van der Waals surface area contributed by atoms with Gasteiger partial charge in [0.25, 0.3) is 5.56 Å². The first kappa shape index (κ1) is 15.9. The fraction of sp³-hybridized carbons (Fsp3) is 0.375. The number of benzene rings is 1. The number of nitrogens with one attached hydrogen (secondary N) is 1. The summed E-state index contributed by atoms with van der Waals surface area (Å²) in [4.78, 5) is 30.7. The Bertz CT molecular complexity index is 782. The third-order valence-corrected chi connectivity index (χ3v) is 4.43. The number of halogens is 1. The van der Waals surface area contributed by atoms with E-state index >= 15 is 0 Å².